The molecule has 19 heavy (non-hydrogen) atoms. The Morgan fingerprint density at radius 1 is 1.53 bits per heavy atom. The van der Waals surface area contributed by atoms with E-state index in [0.29, 0.717) is 12.3 Å². The maximum atomic E-state index is 12.2. The van der Waals surface area contributed by atoms with Crippen molar-refractivity contribution in [2.45, 2.75) is 24.8 Å². The zero-order valence-corrected chi connectivity index (χ0v) is 10.9. The average Bonchev–Trinajstić information content (AvgIpc) is 3.00. The molecule has 2 atom stereocenters. The lowest BCUT2D eigenvalue weighted by Crippen LogP contribution is -2.05. The molecule has 3 rings (SSSR count). The lowest BCUT2D eigenvalue weighted by Gasteiger charge is -2.03. The predicted octanol–water partition coefficient (Wildman–Crippen LogP) is 1.66. The SMILES string of the molecule is Cn1cc(CC(=O)c2cccc(C3CC3N)c2)cn1. The van der Waals surface area contributed by atoms with Crippen LogP contribution in [0.25, 0.3) is 0 Å². The van der Waals surface area contributed by atoms with Crippen molar-refractivity contribution in [2.24, 2.45) is 12.8 Å². The highest BCUT2D eigenvalue weighted by atomic mass is 16.1. The third-order valence-electron chi connectivity index (χ3n) is 3.60. The number of benzene rings is 1. The smallest absolute Gasteiger partial charge is 0.167 e. The Labute approximate surface area is 112 Å². The number of carbonyl (C=O) groups excluding carboxylic acids is 1. The molecule has 2 N–H and O–H groups in total. The first kappa shape index (κ1) is 12.1. The number of ketones is 1. The van der Waals surface area contributed by atoms with Gasteiger partial charge in [-0.1, -0.05) is 18.2 Å². The summed E-state index contributed by atoms with van der Waals surface area (Å²) in [4.78, 5) is 12.2. The second-order valence-electron chi connectivity index (χ2n) is 5.25. The van der Waals surface area contributed by atoms with Gasteiger partial charge in [0.05, 0.1) is 6.20 Å². The van der Waals surface area contributed by atoms with Gasteiger partial charge in [0.2, 0.25) is 0 Å². The third-order valence-corrected chi connectivity index (χ3v) is 3.60. The molecule has 4 heteroatoms. The van der Waals surface area contributed by atoms with Crippen molar-refractivity contribution in [1.82, 2.24) is 9.78 Å². The van der Waals surface area contributed by atoms with E-state index in [2.05, 4.69) is 11.2 Å². The fourth-order valence-electron chi connectivity index (χ4n) is 2.39. The number of hydrogen-bond acceptors (Lipinski definition) is 3. The maximum absolute atomic E-state index is 12.2. The first-order valence-corrected chi connectivity index (χ1v) is 6.50. The first-order valence-electron chi connectivity index (χ1n) is 6.50. The monoisotopic (exact) mass is 255 g/mol. The maximum Gasteiger partial charge on any atom is 0.167 e. The number of nitrogens with zero attached hydrogens (tertiary/aromatic N) is 2. The normalized spacial score (nSPS) is 21.4. The van der Waals surface area contributed by atoms with Crippen LogP contribution in [0.15, 0.2) is 36.7 Å². The van der Waals surface area contributed by atoms with Crippen molar-refractivity contribution in [1.29, 1.82) is 0 Å². The number of aryl methyl sites for hydroxylation is 1. The van der Waals surface area contributed by atoms with Crippen molar-refractivity contribution in [2.75, 3.05) is 0 Å². The molecular weight excluding hydrogens is 238 g/mol. The molecule has 2 unspecified atom stereocenters. The van der Waals surface area contributed by atoms with Crippen LogP contribution < -0.4 is 5.73 Å². The van der Waals surface area contributed by atoms with Crippen LogP contribution in [0, 0.1) is 0 Å². The third kappa shape index (κ3) is 2.58. The van der Waals surface area contributed by atoms with E-state index < -0.39 is 0 Å². The van der Waals surface area contributed by atoms with Gasteiger partial charge >= 0.3 is 0 Å². The number of carbonyl (C=O) groups is 1. The predicted molar refractivity (Wildman–Crippen MR) is 73.0 cm³/mol. The van der Waals surface area contributed by atoms with Crippen LogP contribution in [0.1, 0.15) is 33.8 Å². The Bertz CT molecular complexity index is 617. The van der Waals surface area contributed by atoms with Crippen LogP contribution in [0.4, 0.5) is 0 Å². The average molecular weight is 255 g/mol. The van der Waals surface area contributed by atoms with Gasteiger partial charge in [-0.2, -0.15) is 5.10 Å². The number of hydrogen-bond donors (Lipinski definition) is 1. The molecule has 1 fully saturated rings. The Hall–Kier alpha value is -1.94. The summed E-state index contributed by atoms with van der Waals surface area (Å²) in [5, 5.41) is 4.08. The topological polar surface area (TPSA) is 60.9 Å². The standard InChI is InChI=1S/C15H17N3O/c1-18-9-10(8-17-18)5-15(19)12-4-2-3-11(6-12)13-7-14(13)16/h2-4,6,8-9,13-14H,5,7,16H2,1H3. The number of Topliss-reactive ketones (excluding diaryl/α,β-unsaturated/α-hetero) is 1. The lowest BCUT2D eigenvalue weighted by atomic mass is 10.0. The van der Waals surface area contributed by atoms with Crippen molar-refractivity contribution in [3.05, 3.63) is 53.3 Å². The summed E-state index contributed by atoms with van der Waals surface area (Å²) in [5.41, 5.74) is 8.75. The van der Waals surface area contributed by atoms with Crippen molar-refractivity contribution in [3.8, 4) is 0 Å². The summed E-state index contributed by atoms with van der Waals surface area (Å²) in [7, 11) is 1.85. The molecule has 0 amide bonds. The van der Waals surface area contributed by atoms with E-state index in [1.807, 2.05) is 31.4 Å². The van der Waals surface area contributed by atoms with Crippen LogP contribution in [0.5, 0.6) is 0 Å². The highest BCUT2D eigenvalue weighted by Crippen LogP contribution is 2.39. The van der Waals surface area contributed by atoms with Gasteiger partial charge in [-0.15, -0.1) is 0 Å². The van der Waals surface area contributed by atoms with Crippen LogP contribution in [-0.4, -0.2) is 21.6 Å². The Morgan fingerprint density at radius 2 is 2.32 bits per heavy atom. The van der Waals surface area contributed by atoms with Crippen LogP contribution in [-0.2, 0) is 13.5 Å². The summed E-state index contributed by atoms with van der Waals surface area (Å²) >= 11 is 0. The molecular formula is C15H17N3O. The minimum Gasteiger partial charge on any atom is -0.327 e. The quantitative estimate of drug-likeness (QED) is 0.845. The van der Waals surface area contributed by atoms with E-state index in [0.717, 1.165) is 17.5 Å². The van der Waals surface area contributed by atoms with Gasteiger partial charge in [-0.3, -0.25) is 9.48 Å². The summed E-state index contributed by atoms with van der Waals surface area (Å²) in [5.74, 6) is 0.565. The van der Waals surface area contributed by atoms with Gasteiger partial charge in [0.15, 0.2) is 5.78 Å². The van der Waals surface area contributed by atoms with Crippen molar-refractivity contribution < 1.29 is 4.79 Å². The van der Waals surface area contributed by atoms with Gasteiger partial charge in [-0.05, 0) is 23.6 Å². The largest absolute Gasteiger partial charge is 0.327 e. The fraction of sp³-hybridized carbons (Fsp3) is 0.333. The number of aromatic nitrogens is 2. The fourth-order valence-corrected chi connectivity index (χ4v) is 2.39. The van der Waals surface area contributed by atoms with Crippen LogP contribution >= 0.6 is 0 Å². The second kappa shape index (κ2) is 4.63. The molecule has 1 saturated carbocycles. The van der Waals surface area contributed by atoms with E-state index in [4.69, 9.17) is 5.73 Å². The summed E-state index contributed by atoms with van der Waals surface area (Å²) < 4.78 is 1.71. The van der Waals surface area contributed by atoms with Gasteiger partial charge < -0.3 is 5.73 Å². The minimum absolute atomic E-state index is 0.129. The molecule has 2 aromatic rings. The number of nitrogens with two attached hydrogens (primary N) is 1. The van der Waals surface area contributed by atoms with E-state index in [-0.39, 0.29) is 11.8 Å². The Morgan fingerprint density at radius 3 is 2.95 bits per heavy atom. The molecule has 1 aliphatic rings. The molecule has 0 aliphatic heterocycles. The molecule has 1 heterocycles. The zero-order chi connectivity index (χ0) is 13.4. The molecule has 98 valence electrons. The van der Waals surface area contributed by atoms with Gasteiger partial charge in [0, 0.05) is 37.2 Å². The molecule has 0 saturated heterocycles. The zero-order valence-electron chi connectivity index (χ0n) is 10.9. The molecule has 0 bridgehead atoms. The van der Waals surface area contributed by atoms with E-state index in [9.17, 15) is 4.79 Å². The highest BCUT2D eigenvalue weighted by Gasteiger charge is 2.34. The Kier molecular flexibility index (Phi) is 2.95. The molecule has 0 spiro atoms. The van der Waals surface area contributed by atoms with Gasteiger partial charge in [0.1, 0.15) is 0 Å². The second-order valence-corrected chi connectivity index (χ2v) is 5.25. The number of rotatable bonds is 4. The van der Waals surface area contributed by atoms with Crippen molar-refractivity contribution in [3.63, 3.8) is 0 Å². The van der Waals surface area contributed by atoms with Crippen LogP contribution in [0.3, 0.4) is 0 Å². The first-order chi connectivity index (χ1) is 9.13. The highest BCUT2D eigenvalue weighted by molar-refractivity contribution is 5.97. The van der Waals surface area contributed by atoms with E-state index in [1.165, 1.54) is 5.56 Å². The van der Waals surface area contributed by atoms with E-state index in [1.54, 1.807) is 10.9 Å². The molecule has 1 aliphatic carbocycles. The molecule has 1 aromatic carbocycles. The molecule has 1 aromatic heterocycles. The van der Waals surface area contributed by atoms with Gasteiger partial charge in [-0.25, -0.2) is 0 Å². The Balaban J connectivity index is 1.76. The summed E-state index contributed by atoms with van der Waals surface area (Å²) in [6.45, 7) is 0. The van der Waals surface area contributed by atoms with Gasteiger partial charge in [0.25, 0.3) is 0 Å². The minimum atomic E-state index is 0.129. The van der Waals surface area contributed by atoms with E-state index >= 15 is 0 Å². The van der Waals surface area contributed by atoms with Crippen molar-refractivity contribution >= 4 is 5.78 Å². The molecule has 4 nitrogen and oxygen atoms in total. The van der Waals surface area contributed by atoms with Crippen LogP contribution in [0.2, 0.25) is 0 Å². The molecule has 0 radical (unpaired) electrons. The lowest BCUT2D eigenvalue weighted by molar-refractivity contribution is 0.0993. The summed E-state index contributed by atoms with van der Waals surface area (Å²) in [6.07, 6.45) is 5.03. The summed E-state index contributed by atoms with van der Waals surface area (Å²) in [6, 6.07) is 8.12.